The van der Waals surface area contributed by atoms with E-state index in [1.807, 2.05) is 0 Å². The number of benzene rings is 7. The van der Waals surface area contributed by atoms with Crippen LogP contribution in [0.4, 0.5) is 17.1 Å². The lowest BCUT2D eigenvalue weighted by molar-refractivity contribution is 0.493. The molecule has 0 aliphatic carbocycles. The Morgan fingerprint density at radius 3 is 1.63 bits per heavy atom. The smallest absolute Gasteiger partial charge is 0.137 e. The zero-order valence-electron chi connectivity index (χ0n) is 23.3. The maximum absolute atomic E-state index is 6.38. The van der Waals surface area contributed by atoms with Gasteiger partial charge in [0, 0.05) is 33.5 Å². The summed E-state index contributed by atoms with van der Waals surface area (Å²) in [5.74, 6) is 1.85. The third kappa shape index (κ3) is 3.68. The SMILES string of the molecule is c1ccc(N(c2ccccc2)c2ccc(-c3ccc(-n4c5cccc6c5c5c7c(cccc7ccc54)O6)cc3)cc2)cc1. The lowest BCUT2D eigenvalue weighted by atomic mass is 10.0. The Hall–Kier alpha value is -5.80. The molecule has 43 heavy (non-hydrogen) atoms. The van der Waals surface area contributed by atoms with Gasteiger partial charge < -0.3 is 14.2 Å². The van der Waals surface area contributed by atoms with Gasteiger partial charge in [0.1, 0.15) is 11.5 Å². The summed E-state index contributed by atoms with van der Waals surface area (Å²) in [5, 5.41) is 4.85. The number of nitrogens with zero attached hydrogens (tertiary/aromatic N) is 2. The molecule has 0 saturated carbocycles. The molecule has 0 bridgehead atoms. The predicted molar refractivity (Wildman–Crippen MR) is 178 cm³/mol. The number of para-hydroxylation sites is 2. The van der Waals surface area contributed by atoms with Crippen molar-refractivity contribution in [1.29, 1.82) is 0 Å². The second-order valence-corrected chi connectivity index (χ2v) is 11.0. The highest BCUT2D eigenvalue weighted by Crippen LogP contribution is 2.48. The van der Waals surface area contributed by atoms with Crippen molar-refractivity contribution in [3.8, 4) is 28.3 Å². The molecule has 1 aliphatic heterocycles. The molecule has 202 valence electrons. The number of rotatable bonds is 5. The molecule has 2 heterocycles. The van der Waals surface area contributed by atoms with Gasteiger partial charge in [-0.05, 0) is 89.3 Å². The van der Waals surface area contributed by atoms with Gasteiger partial charge in [-0.1, -0.05) is 84.9 Å². The van der Waals surface area contributed by atoms with Gasteiger partial charge >= 0.3 is 0 Å². The normalized spacial score (nSPS) is 11.9. The average molecular weight is 551 g/mol. The minimum atomic E-state index is 0.921. The highest BCUT2D eigenvalue weighted by molar-refractivity contribution is 6.26. The third-order valence-corrected chi connectivity index (χ3v) is 8.55. The van der Waals surface area contributed by atoms with Crippen LogP contribution in [0, 0.1) is 0 Å². The Balaban J connectivity index is 1.11. The first kappa shape index (κ1) is 23.9. The van der Waals surface area contributed by atoms with Crippen LogP contribution in [0.25, 0.3) is 49.4 Å². The Kier molecular flexibility index (Phi) is 5.20. The summed E-state index contributed by atoms with van der Waals surface area (Å²) in [7, 11) is 0. The fraction of sp³-hybridized carbons (Fsp3) is 0. The predicted octanol–water partition coefficient (Wildman–Crippen LogP) is 11.2. The highest BCUT2D eigenvalue weighted by atomic mass is 16.5. The summed E-state index contributed by atoms with van der Waals surface area (Å²) in [6, 6.07) is 55.9. The van der Waals surface area contributed by atoms with Crippen LogP contribution in [0.15, 0.2) is 158 Å². The molecule has 0 spiro atoms. The van der Waals surface area contributed by atoms with Crippen molar-refractivity contribution in [3.05, 3.63) is 158 Å². The second-order valence-electron chi connectivity index (χ2n) is 11.0. The van der Waals surface area contributed by atoms with Crippen molar-refractivity contribution in [3.63, 3.8) is 0 Å². The van der Waals surface area contributed by atoms with Gasteiger partial charge in [-0.3, -0.25) is 0 Å². The van der Waals surface area contributed by atoms with Gasteiger partial charge in [0.05, 0.1) is 16.4 Å². The summed E-state index contributed by atoms with van der Waals surface area (Å²) < 4.78 is 8.74. The fourth-order valence-corrected chi connectivity index (χ4v) is 6.63. The van der Waals surface area contributed by atoms with Crippen molar-refractivity contribution < 1.29 is 4.74 Å². The summed E-state index contributed by atoms with van der Waals surface area (Å²) >= 11 is 0. The summed E-state index contributed by atoms with van der Waals surface area (Å²) in [6.07, 6.45) is 0. The van der Waals surface area contributed by atoms with Crippen LogP contribution in [0.3, 0.4) is 0 Å². The maximum Gasteiger partial charge on any atom is 0.137 e. The number of hydrogen-bond donors (Lipinski definition) is 0. The first-order chi connectivity index (χ1) is 21.3. The van der Waals surface area contributed by atoms with E-state index in [0.717, 1.165) is 39.8 Å². The molecule has 0 N–H and O–H groups in total. The molecule has 7 aromatic carbocycles. The van der Waals surface area contributed by atoms with Gasteiger partial charge in [0.25, 0.3) is 0 Å². The number of aromatic nitrogens is 1. The van der Waals surface area contributed by atoms with Crippen molar-refractivity contribution in [1.82, 2.24) is 4.57 Å². The third-order valence-electron chi connectivity index (χ3n) is 8.55. The zero-order valence-corrected chi connectivity index (χ0v) is 23.3. The minimum absolute atomic E-state index is 0.921. The van der Waals surface area contributed by atoms with E-state index in [9.17, 15) is 0 Å². The van der Waals surface area contributed by atoms with E-state index in [-0.39, 0.29) is 0 Å². The molecule has 9 rings (SSSR count). The molecule has 0 fully saturated rings. The maximum atomic E-state index is 6.38. The first-order valence-corrected chi connectivity index (χ1v) is 14.6. The molecule has 3 nitrogen and oxygen atoms in total. The number of ether oxygens (including phenoxy) is 1. The van der Waals surface area contributed by atoms with Crippen LogP contribution in [-0.4, -0.2) is 4.57 Å². The molecular weight excluding hydrogens is 524 g/mol. The molecule has 1 aliphatic rings. The molecule has 0 unspecified atom stereocenters. The van der Waals surface area contributed by atoms with Gasteiger partial charge in [0.15, 0.2) is 0 Å². The Labute approximate surface area is 249 Å². The second kappa shape index (κ2) is 9.37. The minimum Gasteiger partial charge on any atom is -0.456 e. The molecular formula is C40H26N2O. The zero-order chi connectivity index (χ0) is 28.3. The Morgan fingerprint density at radius 1 is 0.395 bits per heavy atom. The van der Waals surface area contributed by atoms with Crippen molar-refractivity contribution in [2.75, 3.05) is 4.90 Å². The van der Waals surface area contributed by atoms with E-state index >= 15 is 0 Å². The van der Waals surface area contributed by atoms with E-state index < -0.39 is 0 Å². The standard InChI is InChI=1S/C40H26N2O/c1-3-10-30(11-4-1)41(31-12-5-2-6-13-31)32-22-17-27(18-23-32)28-19-24-33(25-20-28)42-34-14-8-16-37-39(34)40-35(42)26-21-29-9-7-15-36(43-37)38(29)40/h1-26H. The molecule has 3 heteroatoms. The van der Waals surface area contributed by atoms with Gasteiger partial charge in [-0.2, -0.15) is 0 Å². The van der Waals surface area contributed by atoms with Crippen LogP contribution in [0.5, 0.6) is 11.5 Å². The molecule has 8 aromatic rings. The highest BCUT2D eigenvalue weighted by Gasteiger charge is 2.23. The molecule has 0 atom stereocenters. The van der Waals surface area contributed by atoms with Crippen LogP contribution in [0.2, 0.25) is 0 Å². The van der Waals surface area contributed by atoms with E-state index in [4.69, 9.17) is 4.74 Å². The van der Waals surface area contributed by atoms with E-state index in [2.05, 4.69) is 167 Å². The van der Waals surface area contributed by atoms with E-state index in [0.29, 0.717) is 0 Å². The van der Waals surface area contributed by atoms with Crippen LogP contribution in [0.1, 0.15) is 0 Å². The fourth-order valence-electron chi connectivity index (χ4n) is 6.63. The van der Waals surface area contributed by atoms with E-state index in [1.54, 1.807) is 0 Å². The van der Waals surface area contributed by atoms with Gasteiger partial charge in [-0.25, -0.2) is 0 Å². The van der Waals surface area contributed by atoms with Crippen LogP contribution >= 0.6 is 0 Å². The van der Waals surface area contributed by atoms with Crippen molar-refractivity contribution >= 4 is 49.6 Å². The van der Waals surface area contributed by atoms with Crippen molar-refractivity contribution in [2.45, 2.75) is 0 Å². The number of hydrogen-bond acceptors (Lipinski definition) is 2. The van der Waals surface area contributed by atoms with Gasteiger partial charge in [0.2, 0.25) is 0 Å². The van der Waals surface area contributed by atoms with Gasteiger partial charge in [-0.15, -0.1) is 0 Å². The molecule has 1 aromatic heterocycles. The Bertz CT molecular complexity index is 2250. The molecule has 0 amide bonds. The monoisotopic (exact) mass is 550 g/mol. The molecule has 0 saturated heterocycles. The van der Waals surface area contributed by atoms with Crippen LogP contribution < -0.4 is 9.64 Å². The summed E-state index contributed by atoms with van der Waals surface area (Å²) in [5.41, 5.74) is 9.25. The lowest BCUT2D eigenvalue weighted by Crippen LogP contribution is -2.09. The number of anilines is 3. The van der Waals surface area contributed by atoms with Crippen LogP contribution in [-0.2, 0) is 0 Å². The van der Waals surface area contributed by atoms with Crippen molar-refractivity contribution in [2.24, 2.45) is 0 Å². The topological polar surface area (TPSA) is 17.4 Å². The molecule has 0 radical (unpaired) electrons. The Morgan fingerprint density at radius 2 is 0.953 bits per heavy atom. The quantitative estimate of drug-likeness (QED) is 0.212. The largest absolute Gasteiger partial charge is 0.456 e. The average Bonchev–Trinajstić information content (AvgIpc) is 3.42. The summed E-state index contributed by atoms with van der Waals surface area (Å²) in [4.78, 5) is 2.29. The van der Waals surface area contributed by atoms with E-state index in [1.165, 1.54) is 38.2 Å². The first-order valence-electron chi connectivity index (χ1n) is 14.6. The lowest BCUT2D eigenvalue weighted by Gasteiger charge is -2.25. The summed E-state index contributed by atoms with van der Waals surface area (Å²) in [6.45, 7) is 0.